The van der Waals surface area contributed by atoms with E-state index in [0.717, 1.165) is 41.3 Å². The van der Waals surface area contributed by atoms with Crippen LogP contribution in [0.3, 0.4) is 0 Å². The first-order chi connectivity index (χ1) is 15.3. The van der Waals surface area contributed by atoms with Crippen molar-refractivity contribution >= 4 is 38.9 Å². The zero-order valence-corrected chi connectivity index (χ0v) is 18.3. The molecule has 2 heterocycles. The van der Waals surface area contributed by atoms with Gasteiger partial charge in [-0.15, -0.1) is 0 Å². The van der Waals surface area contributed by atoms with Crippen molar-refractivity contribution in [2.24, 2.45) is 0 Å². The molecule has 0 saturated heterocycles. The van der Waals surface area contributed by atoms with E-state index in [-0.39, 0.29) is 17.2 Å². The lowest BCUT2D eigenvalue weighted by Gasteiger charge is -2.18. The van der Waals surface area contributed by atoms with E-state index >= 15 is 0 Å². The van der Waals surface area contributed by atoms with Crippen LogP contribution in [0.2, 0.25) is 0 Å². The Morgan fingerprint density at radius 3 is 2.53 bits per heavy atom. The molecule has 0 atom stereocenters. The second kappa shape index (κ2) is 7.30. The van der Waals surface area contributed by atoms with Gasteiger partial charge in [-0.3, -0.25) is 4.31 Å². The number of fused-ring (bicyclic) bond motifs is 2. The first-order valence-electron chi connectivity index (χ1n) is 10.2. The predicted octanol–water partition coefficient (Wildman–Crippen LogP) is 4.74. The molecule has 2 aliphatic rings. The Hall–Kier alpha value is -3.46. The van der Waals surface area contributed by atoms with E-state index in [1.165, 1.54) is 4.31 Å². The Morgan fingerprint density at radius 2 is 1.84 bits per heavy atom. The zero-order chi connectivity index (χ0) is 22.5. The van der Waals surface area contributed by atoms with Gasteiger partial charge in [0.15, 0.2) is 11.6 Å². The van der Waals surface area contributed by atoms with Crippen molar-refractivity contribution in [2.75, 3.05) is 21.5 Å². The lowest BCUT2D eigenvalue weighted by molar-refractivity contribution is 0.597. The number of rotatable bonds is 6. The van der Waals surface area contributed by atoms with E-state index in [0.29, 0.717) is 17.9 Å². The summed E-state index contributed by atoms with van der Waals surface area (Å²) in [5.74, 6) is -0.382. The molecule has 1 aromatic heterocycles. The standard InChI is InChI=1S/C23H22FN5O2S/c1-3-32(30,31)29-14-23(10-11-23)18-9-8-17(12-20(18)29)26-21-19(24)13-25-22(28-21)27-16-6-4-15(2)5-7-16/h3-9,12-13H,1,10-11,14H2,2H3,(H2,25,26,27,28). The van der Waals surface area contributed by atoms with Crippen molar-refractivity contribution in [1.82, 2.24) is 9.97 Å². The number of nitrogens with zero attached hydrogens (tertiary/aromatic N) is 3. The Bertz CT molecular complexity index is 1320. The first-order valence-corrected chi connectivity index (χ1v) is 11.7. The largest absolute Gasteiger partial charge is 0.338 e. The monoisotopic (exact) mass is 451 g/mol. The van der Waals surface area contributed by atoms with Gasteiger partial charge >= 0.3 is 0 Å². The van der Waals surface area contributed by atoms with Crippen molar-refractivity contribution < 1.29 is 12.8 Å². The first kappa shape index (κ1) is 20.4. The Kier molecular flexibility index (Phi) is 4.67. The Labute approximate surface area is 186 Å². The molecule has 0 bridgehead atoms. The smallest absolute Gasteiger partial charge is 0.256 e. The summed E-state index contributed by atoms with van der Waals surface area (Å²) in [6, 6.07) is 13.1. The maximum absolute atomic E-state index is 14.4. The summed E-state index contributed by atoms with van der Waals surface area (Å²) in [6.07, 6.45) is 2.99. The third kappa shape index (κ3) is 3.58. The number of hydrogen-bond donors (Lipinski definition) is 2. The molecule has 1 spiro atoms. The molecule has 0 radical (unpaired) electrons. The van der Waals surface area contributed by atoms with Crippen molar-refractivity contribution in [3.05, 3.63) is 77.6 Å². The normalized spacial score (nSPS) is 16.0. The zero-order valence-electron chi connectivity index (χ0n) is 17.5. The summed E-state index contributed by atoms with van der Waals surface area (Å²) in [5, 5.41) is 6.98. The minimum atomic E-state index is -3.62. The van der Waals surface area contributed by atoms with E-state index in [9.17, 15) is 12.8 Å². The van der Waals surface area contributed by atoms with Gasteiger partial charge in [-0.05, 0) is 49.6 Å². The van der Waals surface area contributed by atoms with Crippen molar-refractivity contribution in [1.29, 1.82) is 0 Å². The predicted molar refractivity (Wildman–Crippen MR) is 124 cm³/mol. The van der Waals surface area contributed by atoms with Crippen molar-refractivity contribution in [3.63, 3.8) is 0 Å². The van der Waals surface area contributed by atoms with Crippen LogP contribution >= 0.6 is 0 Å². The fraction of sp³-hybridized carbons (Fsp3) is 0.217. The molecule has 0 amide bonds. The number of aryl methyl sites for hydroxylation is 1. The molecule has 0 unspecified atom stereocenters. The average molecular weight is 452 g/mol. The van der Waals surface area contributed by atoms with E-state index in [2.05, 4.69) is 27.2 Å². The maximum atomic E-state index is 14.4. The molecule has 1 fully saturated rings. The number of benzene rings is 2. The van der Waals surface area contributed by atoms with Crippen LogP contribution in [0.4, 0.5) is 33.2 Å². The summed E-state index contributed by atoms with van der Waals surface area (Å²) in [4.78, 5) is 8.25. The van der Waals surface area contributed by atoms with Gasteiger partial charge < -0.3 is 10.6 Å². The molecule has 2 aromatic carbocycles. The number of anilines is 5. The molecular weight excluding hydrogens is 429 g/mol. The molecule has 5 rings (SSSR count). The van der Waals surface area contributed by atoms with Crippen LogP contribution in [0.5, 0.6) is 0 Å². The number of nitrogens with one attached hydrogen (secondary N) is 2. The van der Waals surface area contributed by atoms with Crippen LogP contribution in [0.15, 0.2) is 60.6 Å². The highest BCUT2D eigenvalue weighted by atomic mass is 32.2. The molecule has 1 saturated carbocycles. The second-order valence-corrected chi connectivity index (χ2v) is 10.0. The van der Waals surface area contributed by atoms with Gasteiger partial charge in [-0.2, -0.15) is 4.98 Å². The van der Waals surface area contributed by atoms with E-state index < -0.39 is 15.8 Å². The fourth-order valence-electron chi connectivity index (χ4n) is 4.02. The number of sulfonamides is 1. The van der Waals surface area contributed by atoms with E-state index in [4.69, 9.17) is 0 Å². The summed E-state index contributed by atoms with van der Waals surface area (Å²) >= 11 is 0. The Morgan fingerprint density at radius 1 is 1.12 bits per heavy atom. The second-order valence-electron chi connectivity index (χ2n) is 8.24. The van der Waals surface area contributed by atoms with Crippen LogP contribution in [0, 0.1) is 12.7 Å². The van der Waals surface area contributed by atoms with Crippen LogP contribution < -0.4 is 14.9 Å². The van der Waals surface area contributed by atoms with E-state index in [1.54, 1.807) is 6.07 Å². The number of halogens is 1. The van der Waals surface area contributed by atoms with Gasteiger partial charge in [0.1, 0.15) is 0 Å². The number of aromatic nitrogens is 2. The highest BCUT2D eigenvalue weighted by Crippen LogP contribution is 2.57. The summed E-state index contributed by atoms with van der Waals surface area (Å²) in [7, 11) is -3.62. The summed E-state index contributed by atoms with van der Waals surface area (Å²) in [5.41, 5.74) is 3.92. The quantitative estimate of drug-likeness (QED) is 0.563. The van der Waals surface area contributed by atoms with Gasteiger partial charge in [-0.25, -0.2) is 17.8 Å². The van der Waals surface area contributed by atoms with Gasteiger partial charge in [0, 0.05) is 28.7 Å². The molecule has 2 N–H and O–H groups in total. The van der Waals surface area contributed by atoms with Gasteiger partial charge in [-0.1, -0.05) is 30.3 Å². The Balaban J connectivity index is 1.44. The summed E-state index contributed by atoms with van der Waals surface area (Å²) in [6.45, 7) is 5.85. The minimum absolute atomic E-state index is 0.00757. The van der Waals surface area contributed by atoms with Crippen molar-refractivity contribution in [3.8, 4) is 0 Å². The third-order valence-electron chi connectivity index (χ3n) is 5.97. The lowest BCUT2D eigenvalue weighted by Crippen LogP contribution is -2.29. The highest BCUT2D eigenvalue weighted by molar-refractivity contribution is 7.95. The molecule has 164 valence electrons. The molecule has 1 aliphatic carbocycles. The molecule has 1 aliphatic heterocycles. The summed E-state index contributed by atoms with van der Waals surface area (Å²) < 4.78 is 40.9. The lowest BCUT2D eigenvalue weighted by atomic mass is 9.98. The molecule has 3 aromatic rings. The molecular formula is C23H22FN5O2S. The van der Waals surface area contributed by atoms with Crippen LogP contribution in [0.25, 0.3) is 0 Å². The minimum Gasteiger partial charge on any atom is -0.338 e. The molecule has 7 nitrogen and oxygen atoms in total. The fourth-order valence-corrected chi connectivity index (χ4v) is 5.05. The van der Waals surface area contributed by atoms with Gasteiger partial charge in [0.2, 0.25) is 5.95 Å². The van der Waals surface area contributed by atoms with Crippen LogP contribution in [-0.4, -0.2) is 24.9 Å². The number of hydrogen-bond acceptors (Lipinski definition) is 6. The third-order valence-corrected chi connectivity index (χ3v) is 7.33. The molecule has 32 heavy (non-hydrogen) atoms. The maximum Gasteiger partial charge on any atom is 0.256 e. The van der Waals surface area contributed by atoms with Gasteiger partial charge in [0.25, 0.3) is 10.0 Å². The van der Waals surface area contributed by atoms with Crippen molar-refractivity contribution in [2.45, 2.75) is 25.2 Å². The highest BCUT2D eigenvalue weighted by Gasteiger charge is 2.53. The van der Waals surface area contributed by atoms with Crippen LogP contribution in [-0.2, 0) is 15.4 Å². The van der Waals surface area contributed by atoms with Crippen LogP contribution in [0.1, 0.15) is 24.0 Å². The van der Waals surface area contributed by atoms with E-state index in [1.807, 2.05) is 43.3 Å². The molecule has 9 heteroatoms. The average Bonchev–Trinajstić information content (AvgIpc) is 3.48. The topological polar surface area (TPSA) is 87.2 Å². The van der Waals surface area contributed by atoms with Gasteiger partial charge in [0.05, 0.1) is 11.9 Å². The SMILES string of the molecule is C=CS(=O)(=O)N1CC2(CC2)c2ccc(Nc3nc(Nc4ccc(C)cc4)ncc3F)cc21.